The number of nitrogens with one attached hydrogen (secondary N) is 1. The number of esters is 1. The Morgan fingerprint density at radius 2 is 1.84 bits per heavy atom. The lowest BCUT2D eigenvalue weighted by Gasteiger charge is -2.12. The van der Waals surface area contributed by atoms with Gasteiger partial charge in [0.15, 0.2) is 17.7 Å². The summed E-state index contributed by atoms with van der Waals surface area (Å²) in [5, 5.41) is 3.07. The molecule has 0 spiro atoms. The van der Waals surface area contributed by atoms with Crippen molar-refractivity contribution >= 4 is 28.5 Å². The summed E-state index contributed by atoms with van der Waals surface area (Å²) in [6.07, 6.45) is -1.16. The van der Waals surface area contributed by atoms with E-state index < -0.39 is 29.6 Å². The van der Waals surface area contributed by atoms with Gasteiger partial charge in [0.25, 0.3) is 5.91 Å². The molecular formula is C18H13F2NO4. The van der Waals surface area contributed by atoms with Crippen LogP contribution in [0, 0.1) is 11.6 Å². The fraction of sp³-hybridized carbons (Fsp3) is 0.111. The average Bonchev–Trinajstić information content (AvgIpc) is 3.02. The third-order valence-electron chi connectivity index (χ3n) is 3.47. The Hall–Kier alpha value is -3.22. The van der Waals surface area contributed by atoms with Crippen molar-refractivity contribution in [1.29, 1.82) is 0 Å². The lowest BCUT2D eigenvalue weighted by molar-refractivity contribution is -0.123. The van der Waals surface area contributed by atoms with E-state index in [2.05, 4.69) is 5.32 Å². The van der Waals surface area contributed by atoms with E-state index in [1.54, 1.807) is 24.3 Å². The SMILES string of the molecule is C[C@H](OC(=O)c1cc2ccccc2o1)C(=O)Nc1ccc(F)c(F)c1. The van der Waals surface area contributed by atoms with Crippen molar-refractivity contribution in [2.45, 2.75) is 13.0 Å². The van der Waals surface area contributed by atoms with E-state index in [9.17, 15) is 18.4 Å². The predicted octanol–water partition coefficient (Wildman–Crippen LogP) is 3.90. The molecule has 3 rings (SSSR count). The Kier molecular flexibility index (Phi) is 4.47. The molecule has 7 heteroatoms. The molecule has 0 saturated heterocycles. The van der Waals surface area contributed by atoms with Crippen molar-refractivity contribution in [2.75, 3.05) is 5.32 Å². The average molecular weight is 345 g/mol. The van der Waals surface area contributed by atoms with Gasteiger partial charge in [-0.25, -0.2) is 13.6 Å². The van der Waals surface area contributed by atoms with Crippen molar-refractivity contribution in [1.82, 2.24) is 0 Å². The zero-order chi connectivity index (χ0) is 18.0. The van der Waals surface area contributed by atoms with Gasteiger partial charge in [0.05, 0.1) is 0 Å². The molecule has 1 heterocycles. The third kappa shape index (κ3) is 3.65. The topological polar surface area (TPSA) is 68.5 Å². The maximum absolute atomic E-state index is 13.1. The van der Waals surface area contributed by atoms with Crippen molar-refractivity contribution < 1.29 is 27.5 Å². The van der Waals surface area contributed by atoms with Crippen LogP contribution >= 0.6 is 0 Å². The fourth-order valence-corrected chi connectivity index (χ4v) is 2.17. The van der Waals surface area contributed by atoms with Crippen LogP contribution in [0.4, 0.5) is 14.5 Å². The van der Waals surface area contributed by atoms with Crippen LogP contribution in [0.5, 0.6) is 0 Å². The number of fused-ring (bicyclic) bond motifs is 1. The summed E-state index contributed by atoms with van der Waals surface area (Å²) >= 11 is 0. The van der Waals surface area contributed by atoms with Gasteiger partial charge < -0.3 is 14.5 Å². The summed E-state index contributed by atoms with van der Waals surface area (Å²) in [5.74, 6) is -3.64. The van der Waals surface area contributed by atoms with Crippen LogP contribution < -0.4 is 5.32 Å². The Labute approximate surface area is 141 Å². The van der Waals surface area contributed by atoms with Gasteiger partial charge in [-0.1, -0.05) is 18.2 Å². The zero-order valence-electron chi connectivity index (χ0n) is 13.1. The summed E-state index contributed by atoms with van der Waals surface area (Å²) in [6, 6.07) is 11.5. The van der Waals surface area contributed by atoms with Gasteiger partial charge in [-0.3, -0.25) is 4.79 Å². The number of amides is 1. The smallest absolute Gasteiger partial charge is 0.375 e. The largest absolute Gasteiger partial charge is 0.449 e. The van der Waals surface area contributed by atoms with Crippen molar-refractivity contribution in [3.63, 3.8) is 0 Å². The molecule has 0 aliphatic carbocycles. The molecule has 5 nitrogen and oxygen atoms in total. The number of rotatable bonds is 4. The number of hydrogen-bond acceptors (Lipinski definition) is 4. The molecule has 2 aromatic carbocycles. The fourth-order valence-electron chi connectivity index (χ4n) is 2.17. The van der Waals surface area contributed by atoms with E-state index in [1.807, 2.05) is 0 Å². The first-order valence-corrected chi connectivity index (χ1v) is 7.39. The van der Waals surface area contributed by atoms with Crippen LogP contribution in [-0.2, 0) is 9.53 Å². The van der Waals surface area contributed by atoms with Crippen LogP contribution in [0.3, 0.4) is 0 Å². The molecule has 128 valence electrons. The van der Waals surface area contributed by atoms with Crippen LogP contribution in [0.25, 0.3) is 11.0 Å². The van der Waals surface area contributed by atoms with E-state index in [4.69, 9.17) is 9.15 Å². The van der Waals surface area contributed by atoms with Crippen LogP contribution in [0.1, 0.15) is 17.5 Å². The van der Waals surface area contributed by atoms with Gasteiger partial charge >= 0.3 is 5.97 Å². The zero-order valence-corrected chi connectivity index (χ0v) is 13.1. The van der Waals surface area contributed by atoms with E-state index in [0.29, 0.717) is 5.58 Å². The molecule has 0 unspecified atom stereocenters. The van der Waals surface area contributed by atoms with Crippen molar-refractivity contribution in [3.8, 4) is 0 Å². The van der Waals surface area contributed by atoms with Gasteiger partial charge in [-0.05, 0) is 31.2 Å². The molecule has 1 atom stereocenters. The molecule has 1 N–H and O–H groups in total. The number of hydrogen-bond donors (Lipinski definition) is 1. The summed E-state index contributed by atoms with van der Waals surface area (Å²) in [6.45, 7) is 1.36. The molecule has 0 aliphatic rings. The van der Waals surface area contributed by atoms with E-state index in [1.165, 1.54) is 19.1 Å². The maximum Gasteiger partial charge on any atom is 0.375 e. The Morgan fingerprint density at radius 1 is 1.08 bits per heavy atom. The standard InChI is InChI=1S/C18H13F2NO4/c1-10(17(22)21-12-6-7-13(19)14(20)9-12)24-18(23)16-8-11-4-2-3-5-15(11)25-16/h2-10H,1H3,(H,21,22)/t10-/m0/s1. The second-order valence-corrected chi connectivity index (χ2v) is 5.31. The van der Waals surface area contributed by atoms with Crippen LogP contribution in [0.2, 0.25) is 0 Å². The van der Waals surface area contributed by atoms with Crippen LogP contribution in [0.15, 0.2) is 52.9 Å². The molecule has 0 bridgehead atoms. The van der Waals surface area contributed by atoms with Gasteiger partial charge in [0.1, 0.15) is 5.58 Å². The number of ether oxygens (including phenoxy) is 1. The highest BCUT2D eigenvalue weighted by molar-refractivity contribution is 5.97. The highest BCUT2D eigenvalue weighted by atomic mass is 19.2. The number of carbonyl (C=O) groups excluding carboxylic acids is 2. The lowest BCUT2D eigenvalue weighted by atomic mass is 10.2. The monoisotopic (exact) mass is 345 g/mol. The van der Waals surface area contributed by atoms with Crippen molar-refractivity contribution in [3.05, 3.63) is 65.9 Å². The summed E-state index contributed by atoms with van der Waals surface area (Å²) in [4.78, 5) is 24.1. The number of halogens is 2. The minimum atomic E-state index is -1.16. The summed E-state index contributed by atoms with van der Waals surface area (Å²) < 4.78 is 36.4. The minimum absolute atomic E-state index is 0.0336. The van der Waals surface area contributed by atoms with Gasteiger partial charge in [0, 0.05) is 17.1 Å². The molecule has 3 aromatic rings. The number of benzene rings is 2. The third-order valence-corrected chi connectivity index (χ3v) is 3.47. The predicted molar refractivity (Wildman–Crippen MR) is 86.1 cm³/mol. The first-order valence-electron chi connectivity index (χ1n) is 7.39. The van der Waals surface area contributed by atoms with Crippen molar-refractivity contribution in [2.24, 2.45) is 0 Å². The number of carbonyl (C=O) groups is 2. The molecule has 25 heavy (non-hydrogen) atoms. The molecule has 0 fully saturated rings. The number of para-hydroxylation sites is 1. The van der Waals surface area contributed by atoms with E-state index in [-0.39, 0.29) is 11.4 Å². The number of anilines is 1. The Balaban J connectivity index is 1.65. The Morgan fingerprint density at radius 3 is 2.56 bits per heavy atom. The van der Waals surface area contributed by atoms with Gasteiger partial charge in [0.2, 0.25) is 5.76 Å². The summed E-state index contributed by atoms with van der Waals surface area (Å²) in [5.41, 5.74) is 0.573. The summed E-state index contributed by atoms with van der Waals surface area (Å²) in [7, 11) is 0. The second-order valence-electron chi connectivity index (χ2n) is 5.31. The normalized spacial score (nSPS) is 12.0. The van der Waals surface area contributed by atoms with Gasteiger partial charge in [-0.2, -0.15) is 0 Å². The van der Waals surface area contributed by atoms with Gasteiger partial charge in [-0.15, -0.1) is 0 Å². The number of furan rings is 1. The van der Waals surface area contributed by atoms with E-state index in [0.717, 1.165) is 17.5 Å². The minimum Gasteiger partial charge on any atom is -0.449 e. The molecule has 1 aromatic heterocycles. The molecule has 0 aliphatic heterocycles. The highest BCUT2D eigenvalue weighted by Crippen LogP contribution is 2.20. The molecular weight excluding hydrogens is 332 g/mol. The quantitative estimate of drug-likeness (QED) is 0.728. The Bertz CT molecular complexity index is 918. The molecule has 1 amide bonds. The first kappa shape index (κ1) is 16.6. The highest BCUT2D eigenvalue weighted by Gasteiger charge is 2.22. The van der Waals surface area contributed by atoms with E-state index >= 15 is 0 Å². The first-order chi connectivity index (χ1) is 11.9. The lowest BCUT2D eigenvalue weighted by Crippen LogP contribution is -2.29. The maximum atomic E-state index is 13.1. The second kappa shape index (κ2) is 6.72. The molecule has 0 radical (unpaired) electrons. The van der Waals surface area contributed by atoms with Crippen LogP contribution in [-0.4, -0.2) is 18.0 Å². The molecule has 0 saturated carbocycles.